The first kappa shape index (κ1) is 13.4. The van der Waals surface area contributed by atoms with Crippen LogP contribution in [0.2, 0.25) is 0 Å². The smallest absolute Gasteiger partial charge is 0.227 e. The number of hydrogen-bond donors (Lipinski definition) is 2. The van der Waals surface area contributed by atoms with Gasteiger partial charge in [-0.15, -0.1) is 0 Å². The van der Waals surface area contributed by atoms with E-state index in [1.165, 1.54) is 6.92 Å². The van der Waals surface area contributed by atoms with E-state index in [-0.39, 0.29) is 12.6 Å². The summed E-state index contributed by atoms with van der Waals surface area (Å²) < 4.78 is 25.1. The van der Waals surface area contributed by atoms with Crippen LogP contribution in [0.5, 0.6) is 0 Å². The Kier molecular flexibility index (Phi) is 5.69. The first-order chi connectivity index (χ1) is 6.44. The molecule has 0 aliphatic rings. The van der Waals surface area contributed by atoms with Gasteiger partial charge in [0.1, 0.15) is 0 Å². The van der Waals surface area contributed by atoms with Gasteiger partial charge in [-0.2, -0.15) is 5.26 Å². The molecule has 14 heavy (non-hydrogen) atoms. The summed E-state index contributed by atoms with van der Waals surface area (Å²) in [5.41, 5.74) is 0. The third-order valence-corrected chi connectivity index (χ3v) is 3.58. The molecule has 6 heteroatoms. The Morgan fingerprint density at radius 3 is 2.50 bits per heavy atom. The highest BCUT2D eigenvalue weighted by molar-refractivity contribution is 7.90. The van der Waals surface area contributed by atoms with Gasteiger partial charge >= 0.3 is 0 Å². The van der Waals surface area contributed by atoms with Gasteiger partial charge in [-0.3, -0.25) is 0 Å². The Hall–Kier alpha value is -0.640. The Bertz CT molecular complexity index is 294. The van der Waals surface area contributed by atoms with E-state index in [0.717, 1.165) is 0 Å². The molecule has 0 bridgehead atoms. The van der Waals surface area contributed by atoms with Crippen LogP contribution in [0, 0.1) is 11.3 Å². The molecule has 0 saturated heterocycles. The lowest BCUT2D eigenvalue weighted by Gasteiger charge is -2.14. The Labute approximate surface area is 84.8 Å². The second kappa shape index (κ2) is 5.96. The quantitative estimate of drug-likeness (QED) is 0.658. The number of sulfonamides is 1. The summed E-state index contributed by atoms with van der Waals surface area (Å²) in [5.74, 6) is 0. The number of aliphatic hydroxyl groups is 1. The maximum atomic E-state index is 11.3. The zero-order valence-corrected chi connectivity index (χ0v) is 9.21. The molecule has 0 aliphatic heterocycles. The van der Waals surface area contributed by atoms with Crippen molar-refractivity contribution < 1.29 is 13.5 Å². The minimum absolute atomic E-state index is 0.0415. The van der Waals surface area contributed by atoms with E-state index >= 15 is 0 Å². The van der Waals surface area contributed by atoms with Crippen LogP contribution in [0.3, 0.4) is 0 Å². The van der Waals surface area contributed by atoms with Gasteiger partial charge in [-0.1, -0.05) is 0 Å². The Morgan fingerprint density at radius 2 is 2.07 bits per heavy atom. The lowest BCUT2D eigenvalue weighted by molar-refractivity contribution is 0.279. The Balaban J connectivity index is 4.17. The fourth-order valence-corrected chi connectivity index (χ4v) is 1.93. The van der Waals surface area contributed by atoms with Crippen LogP contribution in [0.1, 0.15) is 26.7 Å². The van der Waals surface area contributed by atoms with Crippen molar-refractivity contribution in [3.8, 4) is 6.07 Å². The van der Waals surface area contributed by atoms with Crippen molar-refractivity contribution >= 4 is 10.0 Å². The maximum absolute atomic E-state index is 11.3. The predicted octanol–water partition coefficient (Wildman–Crippen LogP) is -0.0211. The van der Waals surface area contributed by atoms with Crippen molar-refractivity contribution in [3.63, 3.8) is 0 Å². The first-order valence-electron chi connectivity index (χ1n) is 4.45. The number of nitrogens with one attached hydrogen (secondary N) is 1. The van der Waals surface area contributed by atoms with Crippen molar-refractivity contribution in [2.24, 2.45) is 0 Å². The minimum Gasteiger partial charge on any atom is -0.396 e. The molecule has 0 heterocycles. The fourth-order valence-electron chi connectivity index (χ4n) is 0.908. The highest BCUT2D eigenvalue weighted by Crippen LogP contribution is 2.02. The summed E-state index contributed by atoms with van der Waals surface area (Å²) in [7, 11) is -3.53. The van der Waals surface area contributed by atoms with Crippen LogP contribution in [-0.2, 0) is 10.0 Å². The third-order valence-electron chi connectivity index (χ3n) is 1.81. The predicted molar refractivity (Wildman–Crippen MR) is 52.9 cm³/mol. The van der Waals surface area contributed by atoms with Gasteiger partial charge in [0, 0.05) is 12.6 Å². The van der Waals surface area contributed by atoms with Crippen molar-refractivity contribution in [1.82, 2.24) is 4.72 Å². The maximum Gasteiger partial charge on any atom is 0.227 e. The van der Waals surface area contributed by atoms with Crippen LogP contribution in [0.25, 0.3) is 0 Å². The molecular formula is C8H16N2O3S. The van der Waals surface area contributed by atoms with E-state index in [2.05, 4.69) is 4.72 Å². The summed E-state index contributed by atoms with van der Waals surface area (Å²) in [6, 6.07) is 1.42. The monoisotopic (exact) mass is 220 g/mol. The molecule has 0 aromatic carbocycles. The van der Waals surface area contributed by atoms with Crippen LogP contribution in [-0.4, -0.2) is 31.4 Å². The Morgan fingerprint density at radius 1 is 1.50 bits per heavy atom. The molecule has 0 amide bonds. The molecule has 2 unspecified atom stereocenters. The van der Waals surface area contributed by atoms with Crippen molar-refractivity contribution in [3.05, 3.63) is 0 Å². The summed E-state index contributed by atoms with van der Waals surface area (Å²) in [4.78, 5) is 0. The van der Waals surface area contributed by atoms with Crippen molar-refractivity contribution in [2.75, 3.05) is 6.61 Å². The second-order valence-electron chi connectivity index (χ2n) is 3.20. The summed E-state index contributed by atoms with van der Waals surface area (Å²) in [6.45, 7) is 3.08. The molecule has 0 aromatic heterocycles. The van der Waals surface area contributed by atoms with Gasteiger partial charge in [0.05, 0.1) is 6.07 Å². The van der Waals surface area contributed by atoms with E-state index < -0.39 is 15.3 Å². The summed E-state index contributed by atoms with van der Waals surface area (Å²) in [5, 5.41) is 15.9. The zero-order valence-electron chi connectivity index (χ0n) is 8.40. The SMILES string of the molecule is CC(CCCO)NS(=O)(=O)C(C)C#N. The van der Waals surface area contributed by atoms with Crippen LogP contribution in [0.15, 0.2) is 0 Å². The van der Waals surface area contributed by atoms with Gasteiger partial charge in [0.2, 0.25) is 10.0 Å². The summed E-state index contributed by atoms with van der Waals surface area (Å²) >= 11 is 0. The van der Waals surface area contributed by atoms with Gasteiger partial charge in [0.15, 0.2) is 5.25 Å². The molecule has 0 aromatic rings. The van der Waals surface area contributed by atoms with E-state index in [9.17, 15) is 8.42 Å². The highest BCUT2D eigenvalue weighted by atomic mass is 32.2. The standard InChI is InChI=1S/C8H16N2O3S/c1-7(4-3-5-11)10-14(12,13)8(2)6-9/h7-8,10-11H,3-5H2,1-2H3. The molecule has 0 aliphatic carbocycles. The number of rotatable bonds is 6. The number of hydrogen-bond acceptors (Lipinski definition) is 4. The van der Waals surface area contributed by atoms with E-state index in [0.29, 0.717) is 12.8 Å². The number of nitrogens with zero attached hydrogens (tertiary/aromatic N) is 1. The minimum atomic E-state index is -3.53. The lowest BCUT2D eigenvalue weighted by atomic mass is 10.2. The molecule has 2 N–H and O–H groups in total. The second-order valence-corrected chi connectivity index (χ2v) is 5.23. The van der Waals surface area contributed by atoms with Gasteiger partial charge in [-0.05, 0) is 26.7 Å². The average Bonchev–Trinajstić information content (AvgIpc) is 2.12. The molecule has 0 saturated carbocycles. The lowest BCUT2D eigenvalue weighted by Crippen LogP contribution is -2.38. The molecule has 0 fully saturated rings. The molecule has 5 nitrogen and oxygen atoms in total. The van der Waals surface area contributed by atoms with Crippen molar-refractivity contribution in [1.29, 1.82) is 5.26 Å². The van der Waals surface area contributed by atoms with Gasteiger partial charge < -0.3 is 5.11 Å². The average molecular weight is 220 g/mol. The highest BCUT2D eigenvalue weighted by Gasteiger charge is 2.21. The topological polar surface area (TPSA) is 90.2 Å². The molecule has 0 radical (unpaired) electrons. The summed E-state index contributed by atoms with van der Waals surface area (Å²) in [6.07, 6.45) is 1.11. The van der Waals surface area contributed by atoms with Crippen LogP contribution >= 0.6 is 0 Å². The zero-order chi connectivity index (χ0) is 11.2. The molecule has 2 atom stereocenters. The van der Waals surface area contributed by atoms with E-state index in [1.807, 2.05) is 0 Å². The van der Waals surface area contributed by atoms with Gasteiger partial charge in [-0.25, -0.2) is 13.1 Å². The molecule has 0 spiro atoms. The van der Waals surface area contributed by atoms with E-state index in [4.69, 9.17) is 10.4 Å². The normalized spacial score (nSPS) is 15.9. The fraction of sp³-hybridized carbons (Fsp3) is 0.875. The number of nitriles is 1. The van der Waals surface area contributed by atoms with Crippen LogP contribution in [0.4, 0.5) is 0 Å². The largest absolute Gasteiger partial charge is 0.396 e. The molecule has 82 valence electrons. The number of aliphatic hydroxyl groups excluding tert-OH is 1. The molecule has 0 rings (SSSR count). The van der Waals surface area contributed by atoms with E-state index in [1.54, 1.807) is 13.0 Å². The van der Waals surface area contributed by atoms with Gasteiger partial charge in [0.25, 0.3) is 0 Å². The third kappa shape index (κ3) is 4.56. The molecular weight excluding hydrogens is 204 g/mol. The van der Waals surface area contributed by atoms with Crippen LogP contribution < -0.4 is 4.72 Å². The first-order valence-corrected chi connectivity index (χ1v) is 6.00. The van der Waals surface area contributed by atoms with Crippen molar-refractivity contribution in [2.45, 2.75) is 38.0 Å².